The molecule has 9 heteroatoms. The van der Waals surface area contributed by atoms with Gasteiger partial charge in [-0.2, -0.15) is 0 Å². The zero-order valence-electron chi connectivity index (χ0n) is 13.8. The number of amides is 2. The van der Waals surface area contributed by atoms with Crippen LogP contribution in [0.25, 0.3) is 0 Å². The quantitative estimate of drug-likeness (QED) is 0.306. The molecule has 1 unspecified atom stereocenters. The Morgan fingerprint density at radius 3 is 2.28 bits per heavy atom. The van der Waals surface area contributed by atoms with Crippen molar-refractivity contribution < 1.29 is 34.8 Å². The molecule has 0 aliphatic heterocycles. The van der Waals surface area contributed by atoms with Crippen molar-refractivity contribution in [1.29, 1.82) is 0 Å². The monoisotopic (exact) mass is 356 g/mol. The van der Waals surface area contributed by atoms with Crippen molar-refractivity contribution in [1.82, 2.24) is 10.6 Å². The Labute approximate surface area is 145 Å². The fourth-order valence-corrected chi connectivity index (χ4v) is 2.05. The van der Waals surface area contributed by atoms with Gasteiger partial charge in [0.05, 0.1) is 12.7 Å². The normalized spacial score (nSPS) is 15.6. The second-order valence-corrected chi connectivity index (χ2v) is 5.50. The van der Waals surface area contributed by atoms with Crippen molar-refractivity contribution in [3.05, 3.63) is 35.9 Å². The number of aliphatic hydroxyl groups excluding tert-OH is 4. The lowest BCUT2D eigenvalue weighted by molar-refractivity contribution is -0.120. The lowest BCUT2D eigenvalue weighted by Crippen LogP contribution is -2.51. The molecule has 25 heavy (non-hydrogen) atoms. The minimum Gasteiger partial charge on any atom is -0.445 e. The van der Waals surface area contributed by atoms with E-state index in [9.17, 15) is 24.9 Å². The van der Waals surface area contributed by atoms with Gasteiger partial charge in [0, 0.05) is 13.3 Å². The summed E-state index contributed by atoms with van der Waals surface area (Å²) in [5.74, 6) is -0.474. The number of aliphatic hydroxyl groups is 4. The second-order valence-electron chi connectivity index (χ2n) is 5.50. The zero-order valence-corrected chi connectivity index (χ0v) is 13.8. The van der Waals surface area contributed by atoms with E-state index in [2.05, 4.69) is 10.6 Å². The van der Waals surface area contributed by atoms with Crippen LogP contribution in [0.15, 0.2) is 30.3 Å². The van der Waals surface area contributed by atoms with Gasteiger partial charge in [0.25, 0.3) is 0 Å². The summed E-state index contributed by atoms with van der Waals surface area (Å²) in [7, 11) is 0. The fraction of sp³-hybridized carbons (Fsp3) is 0.500. The van der Waals surface area contributed by atoms with Gasteiger partial charge in [0.1, 0.15) is 25.0 Å². The lowest BCUT2D eigenvalue weighted by Gasteiger charge is -2.26. The Bertz CT molecular complexity index is 541. The first-order chi connectivity index (χ1) is 11.8. The molecule has 0 aliphatic carbocycles. The van der Waals surface area contributed by atoms with Gasteiger partial charge in [-0.1, -0.05) is 30.3 Å². The van der Waals surface area contributed by atoms with E-state index in [-0.39, 0.29) is 13.0 Å². The fourth-order valence-electron chi connectivity index (χ4n) is 2.05. The maximum absolute atomic E-state index is 11.8. The van der Waals surface area contributed by atoms with E-state index >= 15 is 0 Å². The van der Waals surface area contributed by atoms with Crippen molar-refractivity contribution in [2.24, 2.45) is 0 Å². The number of hydrogen-bond donors (Lipinski definition) is 6. The summed E-state index contributed by atoms with van der Waals surface area (Å²) in [5.41, 5.74) is 0.773. The van der Waals surface area contributed by atoms with E-state index in [1.165, 1.54) is 6.92 Å². The summed E-state index contributed by atoms with van der Waals surface area (Å²) < 4.78 is 5.02. The van der Waals surface area contributed by atoms with Crippen LogP contribution in [0.5, 0.6) is 0 Å². The Hall–Kier alpha value is -2.20. The molecule has 1 aromatic rings. The topological polar surface area (TPSA) is 148 Å². The molecule has 9 nitrogen and oxygen atoms in total. The highest BCUT2D eigenvalue weighted by atomic mass is 16.5. The first-order valence-corrected chi connectivity index (χ1v) is 7.72. The van der Waals surface area contributed by atoms with E-state index < -0.39 is 43.1 Å². The third-order valence-electron chi connectivity index (χ3n) is 3.34. The number of carbonyl (C=O) groups is 2. The van der Waals surface area contributed by atoms with Gasteiger partial charge in [0.2, 0.25) is 5.91 Å². The van der Waals surface area contributed by atoms with Crippen LogP contribution in [0.3, 0.4) is 0 Å². The number of hydrogen-bond acceptors (Lipinski definition) is 7. The number of carbonyl (C=O) groups excluding carboxylic acids is 2. The average Bonchev–Trinajstić information content (AvgIpc) is 2.58. The standard InChI is InChI=1S/C16H24N2O7/c1-10(20)17-14(7-12(21)15(23)13(22)8-19)18-16(24)25-9-11-5-3-2-4-6-11/h2-6,12-15,19,21-23H,7-9H2,1H3,(H,17,20)(H,18,24)/t12-,13-,14?,15+/m1/s1. The van der Waals surface area contributed by atoms with E-state index in [1.807, 2.05) is 6.07 Å². The predicted molar refractivity (Wildman–Crippen MR) is 87.1 cm³/mol. The summed E-state index contributed by atoms with van der Waals surface area (Å²) in [6.07, 6.45) is -6.82. The third-order valence-corrected chi connectivity index (χ3v) is 3.34. The summed E-state index contributed by atoms with van der Waals surface area (Å²) in [4.78, 5) is 23.1. The van der Waals surface area contributed by atoms with Crippen LogP contribution in [-0.2, 0) is 16.1 Å². The molecule has 6 N–H and O–H groups in total. The van der Waals surface area contributed by atoms with Crippen molar-refractivity contribution in [2.45, 2.75) is 44.4 Å². The number of ether oxygens (including phenoxy) is 1. The number of nitrogens with one attached hydrogen (secondary N) is 2. The van der Waals surface area contributed by atoms with Crippen LogP contribution in [0.1, 0.15) is 18.9 Å². The molecule has 0 heterocycles. The molecule has 0 saturated heterocycles. The highest BCUT2D eigenvalue weighted by molar-refractivity contribution is 5.74. The Kier molecular flexibility index (Phi) is 8.86. The molecule has 1 aromatic carbocycles. The van der Waals surface area contributed by atoms with Gasteiger partial charge in [-0.25, -0.2) is 4.79 Å². The lowest BCUT2D eigenvalue weighted by atomic mass is 10.0. The van der Waals surface area contributed by atoms with Crippen molar-refractivity contribution in [2.75, 3.05) is 6.61 Å². The van der Waals surface area contributed by atoms with Gasteiger partial charge in [-0.15, -0.1) is 0 Å². The first kappa shape index (κ1) is 20.8. The highest BCUT2D eigenvalue weighted by Gasteiger charge is 2.28. The maximum atomic E-state index is 11.8. The summed E-state index contributed by atoms with van der Waals surface area (Å²) in [5, 5.41) is 42.3. The number of alkyl carbamates (subject to hydrolysis) is 1. The Morgan fingerprint density at radius 2 is 1.72 bits per heavy atom. The van der Waals surface area contributed by atoms with Crippen LogP contribution < -0.4 is 10.6 Å². The predicted octanol–water partition coefficient (Wildman–Crippen LogP) is -1.16. The molecular weight excluding hydrogens is 332 g/mol. The number of benzene rings is 1. The molecule has 0 aromatic heterocycles. The van der Waals surface area contributed by atoms with Crippen molar-refractivity contribution in [3.63, 3.8) is 0 Å². The van der Waals surface area contributed by atoms with Gasteiger partial charge in [-0.3, -0.25) is 4.79 Å². The zero-order chi connectivity index (χ0) is 18.8. The molecule has 140 valence electrons. The molecular formula is C16H24N2O7. The van der Waals surface area contributed by atoms with E-state index in [0.29, 0.717) is 0 Å². The number of rotatable bonds is 9. The van der Waals surface area contributed by atoms with Crippen LogP contribution in [-0.4, -0.2) is 63.5 Å². The van der Waals surface area contributed by atoms with Crippen LogP contribution in [0.4, 0.5) is 4.79 Å². The van der Waals surface area contributed by atoms with E-state index in [4.69, 9.17) is 9.84 Å². The van der Waals surface area contributed by atoms with Crippen molar-refractivity contribution in [3.8, 4) is 0 Å². The van der Waals surface area contributed by atoms with Gasteiger partial charge in [0.15, 0.2) is 0 Å². The van der Waals surface area contributed by atoms with Gasteiger partial charge in [-0.05, 0) is 5.56 Å². The van der Waals surface area contributed by atoms with Gasteiger partial charge < -0.3 is 35.8 Å². The van der Waals surface area contributed by atoms with Crippen LogP contribution >= 0.6 is 0 Å². The summed E-state index contributed by atoms with van der Waals surface area (Å²) >= 11 is 0. The third kappa shape index (κ3) is 7.94. The van der Waals surface area contributed by atoms with Gasteiger partial charge >= 0.3 is 6.09 Å². The molecule has 0 fully saturated rings. The van der Waals surface area contributed by atoms with E-state index in [0.717, 1.165) is 5.56 Å². The summed E-state index contributed by atoms with van der Waals surface area (Å²) in [6.45, 7) is 0.499. The highest BCUT2D eigenvalue weighted by Crippen LogP contribution is 2.07. The molecule has 2 amide bonds. The minimum absolute atomic E-state index is 0.0217. The smallest absolute Gasteiger partial charge is 0.409 e. The summed E-state index contributed by atoms with van der Waals surface area (Å²) in [6, 6.07) is 8.95. The van der Waals surface area contributed by atoms with E-state index in [1.54, 1.807) is 24.3 Å². The Balaban J connectivity index is 2.56. The molecule has 0 radical (unpaired) electrons. The SMILES string of the molecule is CC(=O)NC(C[C@@H](O)[C@H](O)[C@H](O)CO)NC(=O)OCc1ccccc1. The van der Waals surface area contributed by atoms with Crippen molar-refractivity contribution >= 4 is 12.0 Å². The largest absolute Gasteiger partial charge is 0.445 e. The Morgan fingerprint density at radius 1 is 1.08 bits per heavy atom. The maximum Gasteiger partial charge on any atom is 0.409 e. The molecule has 1 rings (SSSR count). The molecule has 0 bridgehead atoms. The average molecular weight is 356 g/mol. The molecule has 0 spiro atoms. The molecule has 0 saturated carbocycles. The molecule has 0 aliphatic rings. The van der Waals surface area contributed by atoms with Crippen LogP contribution in [0.2, 0.25) is 0 Å². The van der Waals surface area contributed by atoms with Crippen LogP contribution in [0, 0.1) is 0 Å². The second kappa shape index (κ2) is 10.6. The first-order valence-electron chi connectivity index (χ1n) is 7.72. The minimum atomic E-state index is -1.64. The molecule has 4 atom stereocenters.